The van der Waals surface area contributed by atoms with E-state index in [1.165, 1.54) is 11.8 Å². The van der Waals surface area contributed by atoms with E-state index in [2.05, 4.69) is 10.6 Å². The van der Waals surface area contributed by atoms with E-state index in [4.69, 9.17) is 16.6 Å². The van der Waals surface area contributed by atoms with Gasteiger partial charge in [0.1, 0.15) is 0 Å². The number of benzene rings is 3. The van der Waals surface area contributed by atoms with Crippen LogP contribution in [0.15, 0.2) is 106 Å². The van der Waals surface area contributed by atoms with Gasteiger partial charge in [0.25, 0.3) is 5.91 Å². The largest absolute Gasteiger partial charge is 0.352 e. The molecule has 0 aliphatic carbocycles. The van der Waals surface area contributed by atoms with Crippen LogP contribution < -0.4 is 10.6 Å². The summed E-state index contributed by atoms with van der Waals surface area (Å²) in [5.41, 5.74) is 5.57. The second-order valence-corrected chi connectivity index (χ2v) is 10.4. The molecule has 3 aromatic carbocycles. The van der Waals surface area contributed by atoms with Crippen LogP contribution in [-0.4, -0.2) is 21.9 Å². The molecule has 38 heavy (non-hydrogen) atoms. The number of halogens is 1. The molecule has 6 nitrogen and oxygen atoms in total. The summed E-state index contributed by atoms with van der Waals surface area (Å²) in [6.45, 7) is 4.26. The highest BCUT2D eigenvalue weighted by Crippen LogP contribution is 2.45. The average Bonchev–Trinajstić information content (AvgIpc) is 3.30. The molecule has 0 fully saturated rings. The lowest BCUT2D eigenvalue weighted by molar-refractivity contribution is -0.120. The molecule has 0 bridgehead atoms. The Hall–Kier alpha value is -3.81. The van der Waals surface area contributed by atoms with E-state index in [0.717, 1.165) is 33.2 Å². The molecule has 0 saturated heterocycles. The molecule has 0 aromatic heterocycles. The maximum Gasteiger partial charge on any atom is 0.255 e. The van der Waals surface area contributed by atoms with Crippen molar-refractivity contribution in [1.82, 2.24) is 10.2 Å². The van der Waals surface area contributed by atoms with Crippen molar-refractivity contribution in [3.8, 4) is 0 Å². The molecule has 2 N–H and O–H groups in total. The second kappa shape index (κ2) is 11.3. The highest BCUT2D eigenvalue weighted by Gasteiger charge is 2.40. The number of fused-ring (bicyclic) bond motifs is 1. The van der Waals surface area contributed by atoms with Crippen LogP contribution in [0.5, 0.6) is 0 Å². The Kier molecular flexibility index (Phi) is 7.67. The molecular formula is C30H27ClN4O2S. The number of rotatable bonds is 7. The SMILES string of the molecule is CC1=C(C(=O)Nc2ccccc2C)C(c2ccc(Cl)cc2)N2C(CC(=O)NCc3ccccc3)=CSC2=N1. The highest BCUT2D eigenvalue weighted by molar-refractivity contribution is 8.16. The summed E-state index contributed by atoms with van der Waals surface area (Å²) in [5.74, 6) is -0.335. The lowest BCUT2D eigenvalue weighted by Crippen LogP contribution is -2.38. The maximum absolute atomic E-state index is 13.8. The van der Waals surface area contributed by atoms with Crippen molar-refractivity contribution in [3.63, 3.8) is 0 Å². The molecule has 2 aliphatic heterocycles. The van der Waals surface area contributed by atoms with Crippen molar-refractivity contribution in [2.45, 2.75) is 32.9 Å². The fraction of sp³-hybridized carbons (Fsp3) is 0.167. The molecule has 2 aliphatic rings. The molecule has 192 valence electrons. The Morgan fingerprint density at radius 3 is 2.42 bits per heavy atom. The number of anilines is 1. The summed E-state index contributed by atoms with van der Waals surface area (Å²) in [6.07, 6.45) is 0.161. The Bertz CT molecular complexity index is 1470. The monoisotopic (exact) mass is 542 g/mol. The van der Waals surface area contributed by atoms with E-state index < -0.39 is 6.04 Å². The van der Waals surface area contributed by atoms with Gasteiger partial charge in [-0.2, -0.15) is 0 Å². The fourth-order valence-electron chi connectivity index (χ4n) is 4.55. The summed E-state index contributed by atoms with van der Waals surface area (Å²) in [5, 5.41) is 9.36. The third-order valence-electron chi connectivity index (χ3n) is 6.50. The number of carbonyl (C=O) groups excluding carboxylic acids is 2. The normalized spacial score (nSPS) is 16.5. The minimum Gasteiger partial charge on any atom is -0.352 e. The summed E-state index contributed by atoms with van der Waals surface area (Å²) in [7, 11) is 0. The number of nitrogens with zero attached hydrogens (tertiary/aromatic N) is 2. The Labute approximate surface area is 231 Å². The molecule has 2 heterocycles. The number of allylic oxidation sites excluding steroid dienone is 1. The number of aliphatic imine (C=N–C) groups is 1. The van der Waals surface area contributed by atoms with E-state index in [-0.39, 0.29) is 18.2 Å². The van der Waals surface area contributed by atoms with E-state index >= 15 is 0 Å². The number of para-hydroxylation sites is 1. The Balaban J connectivity index is 1.44. The van der Waals surface area contributed by atoms with Gasteiger partial charge in [-0.1, -0.05) is 84.0 Å². The summed E-state index contributed by atoms with van der Waals surface area (Å²) < 4.78 is 0. The van der Waals surface area contributed by atoms with Crippen molar-refractivity contribution in [3.05, 3.63) is 123 Å². The van der Waals surface area contributed by atoms with Gasteiger partial charge in [-0.05, 0) is 54.1 Å². The first-order valence-corrected chi connectivity index (χ1v) is 13.5. The number of amides is 2. The molecule has 2 amide bonds. The van der Waals surface area contributed by atoms with Crippen LogP contribution in [-0.2, 0) is 16.1 Å². The van der Waals surface area contributed by atoms with Gasteiger partial charge in [0.2, 0.25) is 5.91 Å². The van der Waals surface area contributed by atoms with Gasteiger partial charge < -0.3 is 15.5 Å². The van der Waals surface area contributed by atoms with Crippen LogP contribution >= 0.6 is 23.4 Å². The van der Waals surface area contributed by atoms with Crippen molar-refractivity contribution >= 4 is 46.0 Å². The van der Waals surface area contributed by atoms with Gasteiger partial charge in [-0.3, -0.25) is 9.59 Å². The summed E-state index contributed by atoms with van der Waals surface area (Å²) in [4.78, 5) is 33.5. The lowest BCUT2D eigenvalue weighted by atomic mass is 9.93. The van der Waals surface area contributed by atoms with E-state index in [1.54, 1.807) is 0 Å². The zero-order valence-corrected chi connectivity index (χ0v) is 22.6. The highest BCUT2D eigenvalue weighted by atomic mass is 35.5. The van der Waals surface area contributed by atoms with E-state index in [0.29, 0.717) is 22.8 Å². The number of amidine groups is 1. The number of nitrogens with one attached hydrogen (secondary N) is 2. The van der Waals surface area contributed by atoms with Crippen LogP contribution in [0.3, 0.4) is 0 Å². The van der Waals surface area contributed by atoms with Gasteiger partial charge in [0.05, 0.1) is 23.7 Å². The van der Waals surface area contributed by atoms with Gasteiger partial charge in [-0.25, -0.2) is 4.99 Å². The second-order valence-electron chi connectivity index (χ2n) is 9.15. The van der Waals surface area contributed by atoms with Crippen molar-refractivity contribution < 1.29 is 9.59 Å². The van der Waals surface area contributed by atoms with Crippen LogP contribution in [0.1, 0.15) is 36.1 Å². The minimum atomic E-state index is -0.466. The molecule has 3 aromatic rings. The smallest absolute Gasteiger partial charge is 0.255 e. The maximum atomic E-state index is 13.8. The molecule has 8 heteroatoms. The Morgan fingerprint density at radius 1 is 0.974 bits per heavy atom. The van der Waals surface area contributed by atoms with E-state index in [9.17, 15) is 9.59 Å². The van der Waals surface area contributed by atoms with Crippen LogP contribution in [0.4, 0.5) is 5.69 Å². The van der Waals surface area contributed by atoms with E-state index in [1.807, 2.05) is 103 Å². The number of carbonyl (C=O) groups is 2. The van der Waals surface area contributed by atoms with Gasteiger partial charge >= 0.3 is 0 Å². The first kappa shape index (κ1) is 25.8. The molecule has 0 spiro atoms. The zero-order valence-electron chi connectivity index (χ0n) is 21.1. The standard InChI is InChI=1S/C30H27ClN4O2S/c1-19-8-6-7-11-25(19)34-29(37)27-20(2)33-30-35(28(27)22-12-14-23(31)15-13-22)24(18-38-30)16-26(36)32-17-21-9-4-3-5-10-21/h3-15,18,28H,16-17H2,1-2H3,(H,32,36)(H,34,37). The molecule has 0 radical (unpaired) electrons. The Morgan fingerprint density at radius 2 is 1.68 bits per heavy atom. The van der Waals surface area contributed by atoms with Gasteiger partial charge in [-0.15, -0.1) is 0 Å². The number of hydrogen-bond donors (Lipinski definition) is 2. The minimum absolute atomic E-state index is 0.103. The predicted octanol–water partition coefficient (Wildman–Crippen LogP) is 6.57. The molecular weight excluding hydrogens is 516 g/mol. The van der Waals surface area contributed by atoms with Crippen molar-refractivity contribution in [2.24, 2.45) is 4.99 Å². The summed E-state index contributed by atoms with van der Waals surface area (Å²) >= 11 is 7.66. The summed E-state index contributed by atoms with van der Waals surface area (Å²) in [6, 6.07) is 24.5. The predicted molar refractivity (Wildman–Crippen MR) is 155 cm³/mol. The number of hydrogen-bond acceptors (Lipinski definition) is 5. The third kappa shape index (κ3) is 5.54. The third-order valence-corrected chi connectivity index (χ3v) is 7.64. The average molecular weight is 543 g/mol. The number of thioether (sulfide) groups is 1. The van der Waals surface area contributed by atoms with Crippen LogP contribution in [0.25, 0.3) is 0 Å². The topological polar surface area (TPSA) is 73.8 Å². The van der Waals surface area contributed by atoms with Crippen LogP contribution in [0, 0.1) is 6.92 Å². The zero-order chi connectivity index (χ0) is 26.6. The van der Waals surface area contributed by atoms with Crippen LogP contribution in [0.2, 0.25) is 5.02 Å². The number of aryl methyl sites for hydroxylation is 1. The molecule has 0 saturated carbocycles. The molecule has 5 rings (SSSR count). The molecule has 1 unspecified atom stereocenters. The fourth-order valence-corrected chi connectivity index (χ4v) is 5.64. The van der Waals surface area contributed by atoms with Gasteiger partial charge in [0.15, 0.2) is 5.17 Å². The molecule has 1 atom stereocenters. The first-order valence-electron chi connectivity index (χ1n) is 12.3. The van der Waals surface area contributed by atoms with Crippen molar-refractivity contribution in [2.75, 3.05) is 5.32 Å². The lowest BCUT2D eigenvalue weighted by Gasteiger charge is -2.36. The first-order chi connectivity index (χ1) is 18.4. The van der Waals surface area contributed by atoms with Gasteiger partial charge in [0, 0.05) is 23.0 Å². The van der Waals surface area contributed by atoms with Crippen molar-refractivity contribution in [1.29, 1.82) is 0 Å². The quantitative estimate of drug-likeness (QED) is 0.354.